The molecule has 0 aliphatic rings. The quantitative estimate of drug-likeness (QED) is 0.589. The molecule has 136 valence electrons. The molecule has 0 aliphatic heterocycles. The average Bonchev–Trinajstić information content (AvgIpc) is 3.31. The number of nitrogens with zero attached hydrogens (tertiary/aromatic N) is 5. The molecule has 0 unspecified atom stereocenters. The van der Waals surface area contributed by atoms with Gasteiger partial charge in [0.05, 0.1) is 12.7 Å². The summed E-state index contributed by atoms with van der Waals surface area (Å²) in [5.74, 6) is -0.840. The lowest BCUT2D eigenvalue weighted by atomic mass is 10.1. The van der Waals surface area contributed by atoms with E-state index in [-0.39, 0.29) is 23.7 Å². The molecule has 0 saturated carbocycles. The molecule has 0 saturated heterocycles. The number of benzene rings is 1. The number of aromatic nitrogens is 5. The van der Waals surface area contributed by atoms with Crippen molar-refractivity contribution >= 4 is 5.91 Å². The lowest BCUT2D eigenvalue weighted by Crippen LogP contribution is -2.25. The summed E-state index contributed by atoms with van der Waals surface area (Å²) in [6.07, 6.45) is 4.63. The summed E-state index contributed by atoms with van der Waals surface area (Å²) in [5.41, 5.74) is 0.317. The average molecular weight is 358 g/mol. The van der Waals surface area contributed by atoms with Gasteiger partial charge in [-0.25, -0.2) is 9.07 Å². The van der Waals surface area contributed by atoms with Crippen molar-refractivity contribution in [1.29, 1.82) is 0 Å². The first kappa shape index (κ1) is 17.7. The van der Waals surface area contributed by atoms with Gasteiger partial charge in [-0.05, 0) is 18.6 Å². The summed E-state index contributed by atoms with van der Waals surface area (Å²) in [7, 11) is 0. The van der Waals surface area contributed by atoms with Crippen LogP contribution in [0.1, 0.15) is 28.6 Å². The molecular weight excluding hydrogens is 339 g/mol. The van der Waals surface area contributed by atoms with E-state index in [0.717, 1.165) is 6.42 Å². The molecule has 1 atom stereocenters. The third kappa shape index (κ3) is 4.51. The van der Waals surface area contributed by atoms with Gasteiger partial charge in [0.15, 0.2) is 5.69 Å². The first-order valence-corrected chi connectivity index (χ1v) is 8.22. The maximum absolute atomic E-state index is 13.7. The minimum absolute atomic E-state index is 0.000508. The van der Waals surface area contributed by atoms with Gasteiger partial charge in [0.25, 0.3) is 5.91 Å². The second-order valence-electron chi connectivity index (χ2n) is 5.74. The van der Waals surface area contributed by atoms with E-state index in [9.17, 15) is 14.3 Å². The second-order valence-corrected chi connectivity index (χ2v) is 5.74. The van der Waals surface area contributed by atoms with Gasteiger partial charge < -0.3 is 10.4 Å². The van der Waals surface area contributed by atoms with Gasteiger partial charge in [-0.1, -0.05) is 23.4 Å². The summed E-state index contributed by atoms with van der Waals surface area (Å²) in [6, 6.07) is 7.82. The number of carbonyl (C=O) groups is 1. The minimum atomic E-state index is -1.08. The van der Waals surface area contributed by atoms with Gasteiger partial charge in [-0.15, -0.1) is 5.10 Å². The zero-order valence-electron chi connectivity index (χ0n) is 14.0. The van der Waals surface area contributed by atoms with Gasteiger partial charge in [0.1, 0.15) is 11.9 Å². The number of hydrogen-bond donors (Lipinski definition) is 2. The Balaban J connectivity index is 1.49. The molecular formula is C17H19FN6O2. The van der Waals surface area contributed by atoms with Crippen molar-refractivity contribution < 1.29 is 14.3 Å². The lowest BCUT2D eigenvalue weighted by Gasteiger charge is -2.11. The maximum atomic E-state index is 13.7. The Hall–Kier alpha value is -3.07. The monoisotopic (exact) mass is 358 g/mol. The molecule has 0 spiro atoms. The van der Waals surface area contributed by atoms with Crippen LogP contribution in [0.15, 0.2) is 48.9 Å². The molecule has 9 heteroatoms. The number of nitrogens with one attached hydrogen (secondary N) is 1. The highest BCUT2D eigenvalue weighted by Gasteiger charge is 2.16. The SMILES string of the molecule is O=C(NCCCn1cccn1)c1cn(C[C@@H](O)c2ccccc2F)nn1. The summed E-state index contributed by atoms with van der Waals surface area (Å²) in [6.45, 7) is 1.18. The number of amides is 1. The maximum Gasteiger partial charge on any atom is 0.273 e. The zero-order valence-corrected chi connectivity index (χ0v) is 14.0. The topological polar surface area (TPSA) is 97.9 Å². The van der Waals surface area contributed by atoms with Crippen LogP contribution in [-0.4, -0.2) is 42.3 Å². The Morgan fingerprint density at radius 2 is 2.12 bits per heavy atom. The van der Waals surface area contributed by atoms with Crippen LogP contribution in [0, 0.1) is 5.82 Å². The standard InChI is InChI=1S/C17H19FN6O2/c18-14-6-2-1-5-13(14)16(25)12-24-11-15(21-22-24)17(26)19-7-3-9-23-10-4-8-20-23/h1-2,4-6,8,10-11,16,25H,3,7,9,12H2,(H,19,26)/t16-/m1/s1. The van der Waals surface area contributed by atoms with Crippen LogP contribution in [0.2, 0.25) is 0 Å². The smallest absolute Gasteiger partial charge is 0.273 e. The Kier molecular flexibility index (Phi) is 5.69. The molecule has 2 N–H and O–H groups in total. The van der Waals surface area contributed by atoms with E-state index in [0.29, 0.717) is 13.1 Å². The van der Waals surface area contributed by atoms with Gasteiger partial charge in [0.2, 0.25) is 0 Å². The third-order valence-corrected chi connectivity index (χ3v) is 3.80. The summed E-state index contributed by atoms with van der Waals surface area (Å²) in [5, 5.41) is 24.6. The lowest BCUT2D eigenvalue weighted by molar-refractivity contribution is 0.0947. The van der Waals surface area contributed by atoms with Gasteiger partial charge in [-0.2, -0.15) is 5.10 Å². The van der Waals surface area contributed by atoms with E-state index >= 15 is 0 Å². The Morgan fingerprint density at radius 1 is 1.27 bits per heavy atom. The zero-order chi connectivity index (χ0) is 18.4. The van der Waals surface area contributed by atoms with Crippen LogP contribution in [0.5, 0.6) is 0 Å². The predicted octanol–water partition coefficient (Wildman–Crippen LogP) is 1.17. The van der Waals surface area contributed by atoms with Crippen LogP contribution in [-0.2, 0) is 13.1 Å². The molecule has 3 aromatic rings. The number of aliphatic hydroxyl groups is 1. The van der Waals surface area contributed by atoms with E-state index in [1.165, 1.54) is 23.0 Å². The van der Waals surface area contributed by atoms with Crippen LogP contribution in [0.4, 0.5) is 4.39 Å². The molecule has 0 aliphatic carbocycles. The first-order valence-electron chi connectivity index (χ1n) is 8.22. The van der Waals surface area contributed by atoms with Gasteiger partial charge in [0, 0.05) is 31.0 Å². The Bertz CT molecular complexity index is 849. The molecule has 0 fully saturated rings. The number of hydrogen-bond acceptors (Lipinski definition) is 5. The summed E-state index contributed by atoms with van der Waals surface area (Å²) in [4.78, 5) is 12.1. The minimum Gasteiger partial charge on any atom is -0.386 e. The largest absolute Gasteiger partial charge is 0.386 e. The molecule has 0 radical (unpaired) electrons. The van der Waals surface area contributed by atoms with Crippen molar-refractivity contribution in [1.82, 2.24) is 30.1 Å². The summed E-state index contributed by atoms with van der Waals surface area (Å²) >= 11 is 0. The Morgan fingerprint density at radius 3 is 2.88 bits per heavy atom. The number of halogens is 1. The highest BCUT2D eigenvalue weighted by Crippen LogP contribution is 2.18. The Labute approximate surface area is 149 Å². The van der Waals surface area contributed by atoms with Gasteiger partial charge in [-0.3, -0.25) is 9.48 Å². The van der Waals surface area contributed by atoms with E-state index in [4.69, 9.17) is 0 Å². The molecule has 2 heterocycles. The number of carbonyl (C=O) groups excluding carboxylic acids is 1. The molecule has 1 aromatic carbocycles. The number of aryl methyl sites for hydroxylation is 1. The van der Waals surface area contributed by atoms with Crippen molar-refractivity contribution in [2.45, 2.75) is 25.6 Å². The fourth-order valence-corrected chi connectivity index (χ4v) is 2.48. The number of rotatable bonds is 8. The van der Waals surface area contributed by atoms with E-state index < -0.39 is 11.9 Å². The van der Waals surface area contributed by atoms with Crippen molar-refractivity contribution in [2.24, 2.45) is 0 Å². The first-order chi connectivity index (χ1) is 12.6. The molecule has 2 aromatic heterocycles. The molecule has 8 nitrogen and oxygen atoms in total. The van der Waals surface area contributed by atoms with Crippen molar-refractivity contribution in [3.8, 4) is 0 Å². The normalized spacial score (nSPS) is 12.1. The third-order valence-electron chi connectivity index (χ3n) is 3.80. The van der Waals surface area contributed by atoms with Crippen LogP contribution >= 0.6 is 0 Å². The van der Waals surface area contributed by atoms with Crippen molar-refractivity contribution in [3.63, 3.8) is 0 Å². The van der Waals surface area contributed by atoms with E-state index in [1.807, 2.05) is 12.3 Å². The summed E-state index contributed by atoms with van der Waals surface area (Å²) < 4.78 is 16.8. The molecule has 3 rings (SSSR count). The number of aliphatic hydroxyl groups excluding tert-OH is 1. The van der Waals surface area contributed by atoms with Crippen molar-refractivity contribution in [3.05, 3.63) is 66.0 Å². The van der Waals surface area contributed by atoms with Crippen LogP contribution in [0.25, 0.3) is 0 Å². The van der Waals surface area contributed by atoms with Gasteiger partial charge >= 0.3 is 0 Å². The molecule has 0 bridgehead atoms. The van der Waals surface area contributed by atoms with E-state index in [1.54, 1.807) is 23.0 Å². The van der Waals surface area contributed by atoms with Crippen molar-refractivity contribution in [2.75, 3.05) is 6.54 Å². The highest BCUT2D eigenvalue weighted by atomic mass is 19.1. The highest BCUT2D eigenvalue weighted by molar-refractivity contribution is 5.91. The van der Waals surface area contributed by atoms with Crippen LogP contribution in [0.3, 0.4) is 0 Å². The fraction of sp³-hybridized carbons (Fsp3) is 0.294. The molecule has 1 amide bonds. The predicted molar refractivity (Wildman–Crippen MR) is 90.6 cm³/mol. The van der Waals surface area contributed by atoms with E-state index in [2.05, 4.69) is 20.7 Å². The molecule has 26 heavy (non-hydrogen) atoms. The second kappa shape index (κ2) is 8.34. The fourth-order valence-electron chi connectivity index (χ4n) is 2.48. The van der Waals surface area contributed by atoms with Crippen LogP contribution < -0.4 is 5.32 Å².